The zero-order valence-corrected chi connectivity index (χ0v) is 16.2. The minimum Gasteiger partial charge on any atom is -0.359 e. The summed E-state index contributed by atoms with van der Waals surface area (Å²) in [6.07, 6.45) is 1.00. The summed E-state index contributed by atoms with van der Waals surface area (Å²) in [6, 6.07) is 10.9. The molecule has 0 bridgehead atoms. The van der Waals surface area contributed by atoms with Gasteiger partial charge in [-0.25, -0.2) is 0 Å². The summed E-state index contributed by atoms with van der Waals surface area (Å²) < 4.78 is 5.52. The van der Waals surface area contributed by atoms with E-state index in [1.807, 2.05) is 37.3 Å². The third-order valence-corrected chi connectivity index (χ3v) is 5.23. The number of amides is 2. The van der Waals surface area contributed by atoms with Crippen molar-refractivity contribution < 1.29 is 14.1 Å². The summed E-state index contributed by atoms with van der Waals surface area (Å²) in [4.78, 5) is 29.4. The van der Waals surface area contributed by atoms with Crippen LogP contribution in [0.2, 0.25) is 0 Å². The van der Waals surface area contributed by atoms with E-state index in [4.69, 9.17) is 4.52 Å². The normalized spacial score (nSPS) is 21.1. The van der Waals surface area contributed by atoms with Crippen LogP contribution in [0, 0.1) is 12.8 Å². The van der Waals surface area contributed by atoms with Crippen LogP contribution in [0.15, 0.2) is 40.9 Å². The largest absolute Gasteiger partial charge is 0.359 e. The van der Waals surface area contributed by atoms with Gasteiger partial charge in [0.15, 0.2) is 0 Å². The highest BCUT2D eigenvalue weighted by atomic mass is 16.5. The highest BCUT2D eigenvalue weighted by Crippen LogP contribution is 2.38. The average molecular weight is 394 g/mol. The van der Waals surface area contributed by atoms with E-state index < -0.39 is 0 Å². The summed E-state index contributed by atoms with van der Waals surface area (Å²) in [7, 11) is 1.61. The quantitative estimate of drug-likeness (QED) is 0.606. The van der Waals surface area contributed by atoms with Gasteiger partial charge in [-0.1, -0.05) is 35.5 Å². The highest BCUT2D eigenvalue weighted by Gasteiger charge is 2.42. The Hall–Kier alpha value is -3.49. The predicted molar refractivity (Wildman–Crippen MR) is 104 cm³/mol. The van der Waals surface area contributed by atoms with Crippen molar-refractivity contribution in [3.8, 4) is 11.4 Å². The summed E-state index contributed by atoms with van der Waals surface area (Å²) in [6.45, 7) is 1.83. The number of carbonyl (C=O) groups excluding carboxylic acids is 2. The maximum absolute atomic E-state index is 12.6. The molecule has 1 saturated carbocycles. The van der Waals surface area contributed by atoms with Crippen molar-refractivity contribution in [2.24, 2.45) is 5.92 Å². The Balaban J connectivity index is 1.57. The molecule has 9 nitrogen and oxygen atoms in total. The number of benzene rings is 1. The number of rotatable bonds is 5. The number of aromatic amines is 1. The zero-order valence-electron chi connectivity index (χ0n) is 16.2. The van der Waals surface area contributed by atoms with E-state index in [1.165, 1.54) is 0 Å². The first-order chi connectivity index (χ1) is 14.0. The molecule has 1 fully saturated rings. The van der Waals surface area contributed by atoms with Gasteiger partial charge in [0, 0.05) is 30.3 Å². The van der Waals surface area contributed by atoms with E-state index in [1.54, 1.807) is 13.1 Å². The Morgan fingerprint density at radius 2 is 2.00 bits per heavy atom. The lowest BCUT2D eigenvalue weighted by molar-refractivity contribution is -0.124. The lowest BCUT2D eigenvalue weighted by Crippen LogP contribution is -2.37. The van der Waals surface area contributed by atoms with Crippen molar-refractivity contribution in [3.05, 3.63) is 53.7 Å². The fourth-order valence-corrected chi connectivity index (χ4v) is 3.76. The maximum Gasteiger partial charge on any atom is 0.272 e. The van der Waals surface area contributed by atoms with Crippen LogP contribution in [0.1, 0.15) is 40.8 Å². The second kappa shape index (κ2) is 7.86. The van der Waals surface area contributed by atoms with Crippen molar-refractivity contribution in [1.82, 2.24) is 31.0 Å². The standard InChI is InChI=1S/C20H22N6O3/c1-11-8-16(25-24-11)19(28)22-15-10-13(18(27)21-2)9-14(15)20-23-17(26-29-20)12-6-4-3-5-7-12/h3-8,13-15H,9-10H2,1-2H3,(H,21,27)(H,22,28)(H,24,25)/t13-,14-,15+/m1/s1. The lowest BCUT2D eigenvalue weighted by Gasteiger charge is -2.17. The van der Waals surface area contributed by atoms with Crippen molar-refractivity contribution in [1.29, 1.82) is 0 Å². The molecule has 2 aromatic heterocycles. The zero-order chi connectivity index (χ0) is 20.4. The number of nitrogens with zero attached hydrogens (tertiary/aromatic N) is 3. The number of hydrogen-bond acceptors (Lipinski definition) is 6. The van der Waals surface area contributed by atoms with Crippen LogP contribution in [0.3, 0.4) is 0 Å². The van der Waals surface area contributed by atoms with Crippen LogP contribution in [-0.2, 0) is 4.79 Å². The molecule has 1 aliphatic carbocycles. The second-order valence-corrected chi connectivity index (χ2v) is 7.23. The molecule has 1 aromatic carbocycles. The van der Waals surface area contributed by atoms with Gasteiger partial charge in [0.05, 0.1) is 5.92 Å². The van der Waals surface area contributed by atoms with E-state index in [2.05, 4.69) is 31.0 Å². The molecular formula is C20H22N6O3. The summed E-state index contributed by atoms with van der Waals surface area (Å²) in [5, 5.41) is 16.5. The lowest BCUT2D eigenvalue weighted by atomic mass is 10.0. The second-order valence-electron chi connectivity index (χ2n) is 7.23. The first-order valence-electron chi connectivity index (χ1n) is 9.48. The van der Waals surface area contributed by atoms with E-state index >= 15 is 0 Å². The number of nitrogens with one attached hydrogen (secondary N) is 3. The van der Waals surface area contributed by atoms with Crippen molar-refractivity contribution in [3.63, 3.8) is 0 Å². The molecule has 0 saturated heterocycles. The molecule has 0 aliphatic heterocycles. The molecule has 2 heterocycles. The molecule has 29 heavy (non-hydrogen) atoms. The van der Waals surface area contributed by atoms with Crippen molar-refractivity contribution >= 4 is 11.8 Å². The van der Waals surface area contributed by atoms with E-state index in [0.29, 0.717) is 30.3 Å². The van der Waals surface area contributed by atoms with Crippen LogP contribution in [-0.4, -0.2) is 45.2 Å². The molecule has 0 spiro atoms. The van der Waals surface area contributed by atoms with Crippen LogP contribution < -0.4 is 10.6 Å². The minimum atomic E-state index is -0.314. The molecule has 150 valence electrons. The molecule has 3 atom stereocenters. The molecule has 0 unspecified atom stereocenters. The van der Waals surface area contributed by atoms with Gasteiger partial charge in [-0.05, 0) is 25.8 Å². The van der Waals surface area contributed by atoms with Gasteiger partial charge >= 0.3 is 0 Å². The third-order valence-electron chi connectivity index (χ3n) is 5.23. The number of H-pyrrole nitrogens is 1. The Bertz CT molecular complexity index is 1010. The molecule has 1 aliphatic rings. The highest BCUT2D eigenvalue weighted by molar-refractivity contribution is 5.92. The average Bonchev–Trinajstić information content (AvgIpc) is 3.47. The molecule has 4 rings (SSSR count). The van der Waals surface area contributed by atoms with Crippen LogP contribution in [0.25, 0.3) is 11.4 Å². The smallest absolute Gasteiger partial charge is 0.272 e. The Kier molecular flexibility index (Phi) is 5.11. The van der Waals surface area contributed by atoms with E-state index in [-0.39, 0.29) is 29.7 Å². The van der Waals surface area contributed by atoms with Gasteiger partial charge < -0.3 is 15.2 Å². The monoisotopic (exact) mass is 394 g/mol. The fraction of sp³-hybridized carbons (Fsp3) is 0.350. The van der Waals surface area contributed by atoms with Gasteiger partial charge in [0.25, 0.3) is 5.91 Å². The Labute approximate surface area is 167 Å². The first kappa shape index (κ1) is 18.9. The van der Waals surface area contributed by atoms with E-state index in [9.17, 15) is 9.59 Å². The number of aromatic nitrogens is 4. The van der Waals surface area contributed by atoms with Gasteiger partial charge in [-0.15, -0.1) is 0 Å². The van der Waals surface area contributed by atoms with Crippen molar-refractivity contribution in [2.45, 2.75) is 31.7 Å². The van der Waals surface area contributed by atoms with Crippen LogP contribution in [0.5, 0.6) is 0 Å². The Morgan fingerprint density at radius 1 is 1.21 bits per heavy atom. The summed E-state index contributed by atoms with van der Waals surface area (Å²) in [5.74, 6) is 0.0279. The number of carbonyl (C=O) groups is 2. The predicted octanol–water partition coefficient (Wildman–Crippen LogP) is 1.81. The molecule has 9 heteroatoms. The SMILES string of the molecule is CNC(=O)[C@H]1C[C@H](NC(=O)c2cc(C)[nH]n2)[C@H](c2nc(-c3ccccc3)no2)C1. The number of hydrogen-bond donors (Lipinski definition) is 3. The minimum absolute atomic E-state index is 0.0647. The van der Waals surface area contributed by atoms with Gasteiger partial charge in [0.2, 0.25) is 17.6 Å². The van der Waals surface area contributed by atoms with Crippen LogP contribution >= 0.6 is 0 Å². The summed E-state index contributed by atoms with van der Waals surface area (Å²) in [5.41, 5.74) is 1.95. The van der Waals surface area contributed by atoms with Gasteiger partial charge in [0.1, 0.15) is 5.69 Å². The molecule has 0 radical (unpaired) electrons. The fourth-order valence-electron chi connectivity index (χ4n) is 3.76. The topological polar surface area (TPSA) is 126 Å². The van der Waals surface area contributed by atoms with E-state index in [0.717, 1.165) is 11.3 Å². The van der Waals surface area contributed by atoms with Crippen LogP contribution in [0.4, 0.5) is 0 Å². The molecule has 3 aromatic rings. The number of aryl methyl sites for hydroxylation is 1. The Morgan fingerprint density at radius 3 is 2.69 bits per heavy atom. The summed E-state index contributed by atoms with van der Waals surface area (Å²) >= 11 is 0. The maximum atomic E-state index is 12.6. The molecule has 3 N–H and O–H groups in total. The van der Waals surface area contributed by atoms with Gasteiger partial charge in [-0.2, -0.15) is 10.1 Å². The third kappa shape index (κ3) is 3.89. The van der Waals surface area contributed by atoms with Crippen molar-refractivity contribution in [2.75, 3.05) is 7.05 Å². The first-order valence-corrected chi connectivity index (χ1v) is 9.48. The molecular weight excluding hydrogens is 372 g/mol. The van der Waals surface area contributed by atoms with Gasteiger partial charge in [-0.3, -0.25) is 14.7 Å². The molecule has 2 amide bonds.